The van der Waals surface area contributed by atoms with Crippen molar-refractivity contribution in [3.8, 4) is 0 Å². The van der Waals surface area contributed by atoms with Gasteiger partial charge in [-0.25, -0.2) is 4.39 Å². The Morgan fingerprint density at radius 2 is 2.20 bits per heavy atom. The van der Waals surface area contributed by atoms with E-state index in [1.165, 1.54) is 26.2 Å². The highest BCUT2D eigenvalue weighted by molar-refractivity contribution is 9.10. The molecule has 1 unspecified atom stereocenters. The number of esters is 1. The van der Waals surface area contributed by atoms with E-state index in [4.69, 9.17) is 11.6 Å². The van der Waals surface area contributed by atoms with Crippen LogP contribution in [-0.4, -0.2) is 13.1 Å². The summed E-state index contributed by atoms with van der Waals surface area (Å²) >= 11 is 8.74. The van der Waals surface area contributed by atoms with Crippen molar-refractivity contribution in [2.45, 2.75) is 11.2 Å². The van der Waals surface area contributed by atoms with Gasteiger partial charge in [-0.05, 0) is 19.1 Å². The zero-order chi connectivity index (χ0) is 11.6. The Kier molecular flexibility index (Phi) is 3.73. The summed E-state index contributed by atoms with van der Waals surface area (Å²) in [4.78, 5) is 11.4. The van der Waals surface area contributed by atoms with Crippen LogP contribution in [0, 0.1) is 5.82 Å². The van der Waals surface area contributed by atoms with Crippen molar-refractivity contribution in [2.24, 2.45) is 0 Å². The summed E-state index contributed by atoms with van der Waals surface area (Å²) in [6.07, 6.45) is 0. The fraction of sp³-hybridized carbons (Fsp3) is 0.300. The number of rotatable bonds is 2. The van der Waals surface area contributed by atoms with Gasteiger partial charge in [0.15, 0.2) is 0 Å². The molecule has 0 amide bonds. The molecule has 5 heteroatoms. The monoisotopic (exact) mass is 294 g/mol. The Labute approximate surface area is 101 Å². The zero-order valence-electron chi connectivity index (χ0n) is 8.18. The van der Waals surface area contributed by atoms with Gasteiger partial charge in [0.25, 0.3) is 0 Å². The molecule has 82 valence electrons. The first-order valence-corrected chi connectivity index (χ1v) is 5.29. The molecule has 0 spiro atoms. The number of hydrogen-bond donors (Lipinski definition) is 0. The van der Waals surface area contributed by atoms with Crippen molar-refractivity contribution in [1.82, 2.24) is 0 Å². The highest BCUT2D eigenvalue weighted by Gasteiger charge is 2.35. The fourth-order valence-electron chi connectivity index (χ4n) is 1.17. The van der Waals surface area contributed by atoms with Crippen molar-refractivity contribution in [1.29, 1.82) is 0 Å². The molecular formula is C10H9BrClFO2. The van der Waals surface area contributed by atoms with Crippen molar-refractivity contribution >= 4 is 33.5 Å². The van der Waals surface area contributed by atoms with E-state index < -0.39 is 16.1 Å². The van der Waals surface area contributed by atoms with E-state index in [9.17, 15) is 9.18 Å². The molecule has 1 atom stereocenters. The predicted octanol–water partition coefficient (Wildman–Crippen LogP) is 3.26. The van der Waals surface area contributed by atoms with Gasteiger partial charge in [0.2, 0.25) is 0 Å². The predicted molar refractivity (Wildman–Crippen MR) is 59.7 cm³/mol. The Morgan fingerprint density at radius 3 is 2.67 bits per heavy atom. The number of hydrogen-bond acceptors (Lipinski definition) is 2. The molecule has 0 heterocycles. The molecule has 0 fully saturated rings. The van der Waals surface area contributed by atoms with E-state index in [-0.39, 0.29) is 10.6 Å². The Bertz CT molecular complexity index is 393. The molecule has 0 bridgehead atoms. The van der Waals surface area contributed by atoms with Gasteiger partial charge >= 0.3 is 5.97 Å². The molecule has 0 saturated carbocycles. The molecular weight excluding hydrogens is 286 g/mol. The SMILES string of the molecule is COC(=O)C(C)(Br)c1ccc(Cl)cc1F. The third-order valence-corrected chi connectivity index (χ3v) is 2.99. The lowest BCUT2D eigenvalue weighted by Crippen LogP contribution is -2.28. The number of carbonyl (C=O) groups is 1. The van der Waals surface area contributed by atoms with Crippen molar-refractivity contribution in [2.75, 3.05) is 7.11 Å². The Hall–Kier alpha value is -0.610. The van der Waals surface area contributed by atoms with Gasteiger partial charge in [0.05, 0.1) is 7.11 Å². The van der Waals surface area contributed by atoms with Crippen molar-refractivity contribution in [3.63, 3.8) is 0 Å². The second-order valence-corrected chi connectivity index (χ2v) is 5.14. The van der Waals surface area contributed by atoms with E-state index >= 15 is 0 Å². The second-order valence-electron chi connectivity index (χ2n) is 3.12. The third kappa shape index (κ3) is 2.49. The van der Waals surface area contributed by atoms with Gasteiger partial charge in [0, 0.05) is 10.6 Å². The first-order chi connectivity index (χ1) is 6.89. The van der Waals surface area contributed by atoms with Crippen molar-refractivity contribution in [3.05, 3.63) is 34.6 Å². The topological polar surface area (TPSA) is 26.3 Å². The standard InChI is InChI=1S/C10H9BrClFO2/c1-10(11,9(14)15-2)7-4-3-6(12)5-8(7)13/h3-5H,1-2H3. The number of halogens is 3. The number of methoxy groups -OCH3 is 1. The third-order valence-electron chi connectivity index (χ3n) is 2.01. The lowest BCUT2D eigenvalue weighted by atomic mass is 10.0. The first-order valence-electron chi connectivity index (χ1n) is 4.12. The molecule has 0 N–H and O–H groups in total. The summed E-state index contributed by atoms with van der Waals surface area (Å²) in [5.41, 5.74) is 0.193. The first kappa shape index (κ1) is 12.5. The van der Waals surface area contributed by atoms with E-state index in [0.29, 0.717) is 0 Å². The molecule has 0 aliphatic heterocycles. The lowest BCUT2D eigenvalue weighted by molar-refractivity contribution is -0.143. The van der Waals surface area contributed by atoms with Crippen LogP contribution in [0.15, 0.2) is 18.2 Å². The fourth-order valence-corrected chi connectivity index (χ4v) is 1.81. The largest absolute Gasteiger partial charge is 0.468 e. The molecule has 2 nitrogen and oxygen atoms in total. The van der Waals surface area contributed by atoms with Crippen LogP contribution in [0.4, 0.5) is 4.39 Å². The molecule has 15 heavy (non-hydrogen) atoms. The molecule has 0 radical (unpaired) electrons. The average Bonchev–Trinajstić information content (AvgIpc) is 2.15. The van der Waals surface area contributed by atoms with Gasteiger partial charge in [0.1, 0.15) is 10.1 Å². The Balaban J connectivity index is 3.21. The van der Waals surface area contributed by atoms with E-state index in [2.05, 4.69) is 20.7 Å². The molecule has 0 saturated heterocycles. The van der Waals surface area contributed by atoms with Crippen LogP contribution in [0.5, 0.6) is 0 Å². The van der Waals surface area contributed by atoms with E-state index in [1.807, 2.05) is 0 Å². The van der Waals surface area contributed by atoms with Gasteiger partial charge in [-0.15, -0.1) is 0 Å². The summed E-state index contributed by atoms with van der Waals surface area (Å²) in [7, 11) is 1.25. The molecule has 0 aromatic heterocycles. The van der Waals surface area contributed by atoms with Crippen LogP contribution in [-0.2, 0) is 13.9 Å². The van der Waals surface area contributed by atoms with Crippen LogP contribution < -0.4 is 0 Å². The molecule has 0 aliphatic rings. The minimum atomic E-state index is -1.20. The maximum absolute atomic E-state index is 13.5. The average molecular weight is 296 g/mol. The van der Waals surface area contributed by atoms with Gasteiger partial charge in [-0.1, -0.05) is 33.6 Å². The van der Waals surface area contributed by atoms with Crippen LogP contribution in [0.1, 0.15) is 12.5 Å². The van der Waals surface area contributed by atoms with Crippen LogP contribution in [0.25, 0.3) is 0 Å². The number of alkyl halides is 1. The highest BCUT2D eigenvalue weighted by Crippen LogP contribution is 2.34. The number of ether oxygens (including phenoxy) is 1. The van der Waals surface area contributed by atoms with Crippen LogP contribution in [0.3, 0.4) is 0 Å². The lowest BCUT2D eigenvalue weighted by Gasteiger charge is -2.20. The maximum Gasteiger partial charge on any atom is 0.326 e. The van der Waals surface area contributed by atoms with Gasteiger partial charge in [-0.2, -0.15) is 0 Å². The summed E-state index contributed by atoms with van der Waals surface area (Å²) in [5, 5.41) is 0.282. The molecule has 0 aliphatic carbocycles. The van der Waals surface area contributed by atoms with E-state index in [1.54, 1.807) is 0 Å². The van der Waals surface area contributed by atoms with Crippen molar-refractivity contribution < 1.29 is 13.9 Å². The van der Waals surface area contributed by atoms with Crippen LogP contribution in [0.2, 0.25) is 5.02 Å². The summed E-state index contributed by atoms with van der Waals surface area (Å²) in [6.45, 7) is 1.52. The molecule has 1 aromatic rings. The number of carbonyl (C=O) groups excluding carboxylic acids is 1. The Morgan fingerprint density at radius 1 is 1.60 bits per heavy atom. The minimum Gasteiger partial charge on any atom is -0.468 e. The number of benzene rings is 1. The van der Waals surface area contributed by atoms with Crippen LogP contribution >= 0.6 is 27.5 Å². The van der Waals surface area contributed by atoms with Gasteiger partial charge < -0.3 is 4.74 Å². The molecule has 1 rings (SSSR count). The van der Waals surface area contributed by atoms with E-state index in [0.717, 1.165) is 6.07 Å². The highest BCUT2D eigenvalue weighted by atomic mass is 79.9. The summed E-state index contributed by atoms with van der Waals surface area (Å²) in [6, 6.07) is 4.12. The quantitative estimate of drug-likeness (QED) is 0.618. The van der Waals surface area contributed by atoms with Gasteiger partial charge in [-0.3, -0.25) is 4.79 Å². The molecule has 1 aromatic carbocycles. The maximum atomic E-state index is 13.5. The smallest absolute Gasteiger partial charge is 0.326 e. The second kappa shape index (κ2) is 4.49. The summed E-state index contributed by atoms with van der Waals surface area (Å²) < 4.78 is 16.9. The normalized spacial score (nSPS) is 14.5. The zero-order valence-corrected chi connectivity index (χ0v) is 10.5. The minimum absolute atomic E-state index is 0.193. The summed E-state index contributed by atoms with van der Waals surface area (Å²) in [5.74, 6) is -1.11.